The van der Waals surface area contributed by atoms with Crippen molar-refractivity contribution in [2.45, 2.75) is 24.0 Å². The molecule has 9 nitrogen and oxygen atoms in total. The van der Waals surface area contributed by atoms with Gasteiger partial charge in [0.05, 0.1) is 11.4 Å². The molecule has 5 rings (SSSR count). The van der Waals surface area contributed by atoms with Crippen LogP contribution < -0.4 is 16.0 Å². The van der Waals surface area contributed by atoms with E-state index in [1.807, 2.05) is 42.5 Å². The quantitative estimate of drug-likeness (QED) is 0.128. The van der Waals surface area contributed by atoms with E-state index in [0.29, 0.717) is 22.7 Å². The van der Waals surface area contributed by atoms with Crippen LogP contribution in [0.3, 0.4) is 0 Å². The molecule has 1 unspecified atom stereocenters. The van der Waals surface area contributed by atoms with Gasteiger partial charge in [0.2, 0.25) is 5.91 Å². The van der Waals surface area contributed by atoms with E-state index in [9.17, 15) is 14.4 Å². The second-order valence-electron chi connectivity index (χ2n) is 9.19. The van der Waals surface area contributed by atoms with Gasteiger partial charge in [-0.3, -0.25) is 14.4 Å². The van der Waals surface area contributed by atoms with Crippen LogP contribution in [0.1, 0.15) is 28.6 Å². The van der Waals surface area contributed by atoms with Gasteiger partial charge in [-0.1, -0.05) is 41.6 Å². The fraction of sp³-hybridized carbons (Fsp3) is 0.0968. The van der Waals surface area contributed by atoms with E-state index >= 15 is 0 Å². The normalized spacial score (nSPS) is 12.1. The third-order valence-electron chi connectivity index (χ3n) is 6.25. The Morgan fingerprint density at radius 3 is 2.41 bits per heavy atom. The zero-order valence-corrected chi connectivity index (χ0v) is 23.1. The summed E-state index contributed by atoms with van der Waals surface area (Å²) >= 11 is 1.38. The van der Waals surface area contributed by atoms with Gasteiger partial charge in [0, 0.05) is 38.8 Å². The molecule has 3 amide bonds. The largest absolute Gasteiger partial charge is 0.361 e. The summed E-state index contributed by atoms with van der Waals surface area (Å²) in [5.41, 5.74) is 3.28. The highest BCUT2D eigenvalue weighted by atomic mass is 32.2. The van der Waals surface area contributed by atoms with Crippen LogP contribution in [0, 0.1) is 6.92 Å². The van der Waals surface area contributed by atoms with Crippen molar-refractivity contribution in [2.24, 2.45) is 0 Å². The molecule has 0 bridgehead atoms. The summed E-state index contributed by atoms with van der Waals surface area (Å²) in [6, 6.07) is 23.6. The third-order valence-corrected chi connectivity index (χ3v) is 7.36. The molecule has 0 radical (unpaired) electrons. The molecule has 5 aromatic rings. The van der Waals surface area contributed by atoms with Gasteiger partial charge in [-0.25, -0.2) is 0 Å². The number of nitrogens with zero attached hydrogens (tertiary/aromatic N) is 1. The second-order valence-corrected chi connectivity index (χ2v) is 10.6. The Bertz CT molecular complexity index is 1720. The highest BCUT2D eigenvalue weighted by molar-refractivity contribution is 8.00. The van der Waals surface area contributed by atoms with E-state index in [1.54, 1.807) is 62.5 Å². The average molecular weight is 566 g/mol. The minimum Gasteiger partial charge on any atom is -0.361 e. The minimum atomic E-state index is -0.475. The van der Waals surface area contributed by atoms with Gasteiger partial charge in [-0.15, -0.1) is 11.8 Å². The maximum absolute atomic E-state index is 13.4. The van der Waals surface area contributed by atoms with Gasteiger partial charge in [0.1, 0.15) is 11.4 Å². The van der Waals surface area contributed by atoms with Gasteiger partial charge in [-0.2, -0.15) is 0 Å². The molecule has 0 spiro atoms. The zero-order valence-electron chi connectivity index (χ0n) is 22.3. The number of hydrogen-bond donors (Lipinski definition) is 4. The van der Waals surface area contributed by atoms with Crippen molar-refractivity contribution in [3.63, 3.8) is 0 Å². The summed E-state index contributed by atoms with van der Waals surface area (Å²) in [5.74, 6) is -0.516. The number of H-pyrrole nitrogens is 1. The van der Waals surface area contributed by atoms with Crippen LogP contribution in [0.15, 0.2) is 106 Å². The third kappa shape index (κ3) is 6.74. The standard InChI is InChI=1S/C31H27N5O4S/c1-19-28(18-33-40-19)36-29(37)20(2)41-24-14-12-23(13-15-24)34-31(39)27(35-30(38)21-8-4-3-5-9-21)16-22-17-32-26-11-7-6-10-25(22)26/h3-18,20,32H,1-2H3,(H,34,39)(H,35,38)(H,36,37). The number of benzene rings is 3. The summed E-state index contributed by atoms with van der Waals surface area (Å²) in [4.78, 5) is 42.9. The molecule has 2 heterocycles. The molecule has 0 saturated carbocycles. The fourth-order valence-corrected chi connectivity index (χ4v) is 4.90. The lowest BCUT2D eigenvalue weighted by Crippen LogP contribution is -2.30. The Morgan fingerprint density at radius 1 is 0.951 bits per heavy atom. The lowest BCUT2D eigenvalue weighted by molar-refractivity contribution is -0.115. The number of thioether (sulfide) groups is 1. The molecule has 41 heavy (non-hydrogen) atoms. The molecule has 0 aliphatic carbocycles. The molecule has 0 aliphatic rings. The van der Waals surface area contributed by atoms with Crippen LogP contribution in [0.2, 0.25) is 0 Å². The molecule has 10 heteroatoms. The van der Waals surface area contributed by atoms with Crippen LogP contribution in [0.25, 0.3) is 17.0 Å². The number of fused-ring (bicyclic) bond motifs is 1. The number of rotatable bonds is 9. The predicted octanol–water partition coefficient (Wildman–Crippen LogP) is 5.99. The molecule has 3 aromatic carbocycles. The highest BCUT2D eigenvalue weighted by Crippen LogP contribution is 2.26. The Morgan fingerprint density at radius 2 is 1.68 bits per heavy atom. The fourth-order valence-electron chi connectivity index (χ4n) is 4.04. The molecule has 1 atom stereocenters. The van der Waals surface area contributed by atoms with E-state index in [4.69, 9.17) is 4.52 Å². The number of para-hydroxylation sites is 1. The van der Waals surface area contributed by atoms with E-state index < -0.39 is 11.8 Å². The summed E-state index contributed by atoms with van der Waals surface area (Å²) in [6.07, 6.45) is 4.91. The average Bonchev–Trinajstić information content (AvgIpc) is 3.59. The van der Waals surface area contributed by atoms with Crippen molar-refractivity contribution < 1.29 is 18.9 Å². The smallest absolute Gasteiger partial charge is 0.272 e. The monoisotopic (exact) mass is 565 g/mol. The molecule has 206 valence electrons. The van der Waals surface area contributed by atoms with Gasteiger partial charge in [0.25, 0.3) is 11.8 Å². The number of amides is 3. The van der Waals surface area contributed by atoms with Crippen LogP contribution in [-0.4, -0.2) is 33.1 Å². The summed E-state index contributed by atoms with van der Waals surface area (Å²) in [6.45, 7) is 3.53. The van der Waals surface area contributed by atoms with Crippen molar-refractivity contribution in [1.82, 2.24) is 15.5 Å². The molecule has 0 aliphatic heterocycles. The first-order chi connectivity index (χ1) is 19.9. The lowest BCUT2D eigenvalue weighted by Gasteiger charge is -2.13. The second kappa shape index (κ2) is 12.4. The molecule has 0 saturated heterocycles. The molecule has 4 N–H and O–H groups in total. The van der Waals surface area contributed by atoms with Crippen molar-refractivity contribution in [3.05, 3.63) is 114 Å². The van der Waals surface area contributed by atoms with E-state index in [2.05, 4.69) is 26.1 Å². The van der Waals surface area contributed by atoms with Crippen molar-refractivity contribution >= 4 is 57.8 Å². The number of aryl methyl sites for hydroxylation is 1. The Kier molecular flexibility index (Phi) is 8.31. The highest BCUT2D eigenvalue weighted by Gasteiger charge is 2.18. The first-order valence-corrected chi connectivity index (χ1v) is 13.7. The van der Waals surface area contributed by atoms with Gasteiger partial charge in [0.15, 0.2) is 5.76 Å². The van der Waals surface area contributed by atoms with Crippen molar-refractivity contribution in [3.8, 4) is 0 Å². The maximum atomic E-state index is 13.4. The number of hydrogen-bond acceptors (Lipinski definition) is 6. The van der Waals surface area contributed by atoms with E-state index in [0.717, 1.165) is 21.4 Å². The SMILES string of the molecule is Cc1oncc1NC(=O)C(C)Sc1ccc(NC(=O)C(=Cc2c[nH]c3ccccc23)NC(=O)c2ccccc2)cc1. The predicted molar refractivity (Wildman–Crippen MR) is 160 cm³/mol. The summed E-state index contributed by atoms with van der Waals surface area (Å²) in [5, 5.41) is 12.6. The van der Waals surface area contributed by atoms with Gasteiger partial charge < -0.3 is 25.5 Å². The van der Waals surface area contributed by atoms with Gasteiger partial charge >= 0.3 is 0 Å². The lowest BCUT2D eigenvalue weighted by atomic mass is 10.1. The van der Waals surface area contributed by atoms with Crippen LogP contribution in [0.5, 0.6) is 0 Å². The molecule has 2 aromatic heterocycles. The van der Waals surface area contributed by atoms with Crippen LogP contribution in [0.4, 0.5) is 11.4 Å². The number of carbonyl (C=O) groups is 3. The van der Waals surface area contributed by atoms with Crippen molar-refractivity contribution in [2.75, 3.05) is 10.6 Å². The Hall–Kier alpha value is -5.09. The summed E-state index contributed by atoms with van der Waals surface area (Å²) in [7, 11) is 0. The van der Waals surface area contributed by atoms with Crippen molar-refractivity contribution in [1.29, 1.82) is 0 Å². The molecular formula is C31H27N5O4S. The number of anilines is 2. The summed E-state index contributed by atoms with van der Waals surface area (Å²) < 4.78 is 4.98. The Labute approximate surface area is 240 Å². The van der Waals surface area contributed by atoms with Crippen LogP contribution in [-0.2, 0) is 9.59 Å². The molecule has 0 fully saturated rings. The first kappa shape index (κ1) is 27.5. The number of aromatic amines is 1. The maximum Gasteiger partial charge on any atom is 0.272 e. The van der Waals surface area contributed by atoms with E-state index in [1.165, 1.54) is 18.0 Å². The van der Waals surface area contributed by atoms with Gasteiger partial charge in [-0.05, 0) is 62.4 Å². The Balaban J connectivity index is 1.30. The zero-order chi connectivity index (χ0) is 28.8. The topological polar surface area (TPSA) is 129 Å². The number of aromatic nitrogens is 2. The molecular weight excluding hydrogens is 538 g/mol. The number of carbonyl (C=O) groups excluding carboxylic acids is 3. The number of nitrogens with one attached hydrogen (secondary N) is 4. The minimum absolute atomic E-state index is 0.0939. The van der Waals surface area contributed by atoms with Crippen LogP contribution >= 0.6 is 11.8 Å². The first-order valence-electron chi connectivity index (χ1n) is 12.8. The van der Waals surface area contributed by atoms with E-state index in [-0.39, 0.29) is 16.9 Å².